The summed E-state index contributed by atoms with van der Waals surface area (Å²) in [6.45, 7) is 0. The largest absolute Gasteiger partial charge is 0.386 e. The zero-order chi connectivity index (χ0) is 13.2. The lowest BCUT2D eigenvalue weighted by Gasteiger charge is -2.11. The van der Waals surface area contributed by atoms with Crippen molar-refractivity contribution in [1.82, 2.24) is 4.98 Å². The fourth-order valence-corrected chi connectivity index (χ4v) is 2.39. The Morgan fingerprint density at radius 2 is 1.79 bits per heavy atom. The van der Waals surface area contributed by atoms with Gasteiger partial charge in [-0.05, 0) is 12.1 Å². The van der Waals surface area contributed by atoms with Gasteiger partial charge in [0, 0.05) is 18.0 Å². The lowest BCUT2D eigenvalue weighted by Crippen LogP contribution is -1.96. The molecule has 3 aromatic rings. The summed E-state index contributed by atoms with van der Waals surface area (Å²) in [5.41, 5.74) is 3.83. The molecule has 0 atom stereocenters. The fourth-order valence-electron chi connectivity index (χ4n) is 2.17. The van der Waals surface area contributed by atoms with Crippen LogP contribution in [0.15, 0.2) is 54.6 Å². The van der Waals surface area contributed by atoms with Gasteiger partial charge in [-0.25, -0.2) is 4.98 Å². The average molecular weight is 269 g/mol. The van der Waals surface area contributed by atoms with E-state index in [-0.39, 0.29) is 0 Å². The van der Waals surface area contributed by atoms with Crippen molar-refractivity contribution in [2.24, 2.45) is 0 Å². The van der Waals surface area contributed by atoms with Crippen molar-refractivity contribution in [1.29, 1.82) is 0 Å². The topological polar surface area (TPSA) is 24.9 Å². The van der Waals surface area contributed by atoms with E-state index in [0.717, 1.165) is 27.8 Å². The van der Waals surface area contributed by atoms with Crippen molar-refractivity contribution >= 4 is 28.2 Å². The smallest absolute Gasteiger partial charge is 0.0941 e. The van der Waals surface area contributed by atoms with Gasteiger partial charge < -0.3 is 5.32 Å². The minimum atomic E-state index is 0.678. The second-order valence-electron chi connectivity index (χ2n) is 4.31. The van der Waals surface area contributed by atoms with Crippen molar-refractivity contribution in [3.8, 4) is 11.3 Å². The third-order valence-corrected chi connectivity index (χ3v) is 3.42. The van der Waals surface area contributed by atoms with E-state index >= 15 is 0 Å². The summed E-state index contributed by atoms with van der Waals surface area (Å²) in [7, 11) is 1.90. The van der Waals surface area contributed by atoms with Crippen LogP contribution in [0.3, 0.4) is 0 Å². The van der Waals surface area contributed by atoms with Crippen molar-refractivity contribution < 1.29 is 0 Å². The van der Waals surface area contributed by atoms with Crippen molar-refractivity contribution in [3.63, 3.8) is 0 Å². The number of para-hydroxylation sites is 1. The molecule has 1 aromatic heterocycles. The van der Waals surface area contributed by atoms with Gasteiger partial charge in [-0.1, -0.05) is 54.1 Å². The molecule has 0 fully saturated rings. The lowest BCUT2D eigenvalue weighted by atomic mass is 10.1. The second-order valence-corrected chi connectivity index (χ2v) is 4.72. The first-order chi connectivity index (χ1) is 9.29. The molecule has 0 aliphatic rings. The van der Waals surface area contributed by atoms with E-state index in [2.05, 4.69) is 11.4 Å². The Hall–Kier alpha value is -2.06. The van der Waals surface area contributed by atoms with Crippen LogP contribution in [0.4, 0.5) is 5.69 Å². The van der Waals surface area contributed by atoms with E-state index in [1.54, 1.807) is 0 Å². The first-order valence-corrected chi connectivity index (χ1v) is 6.50. The van der Waals surface area contributed by atoms with Crippen LogP contribution in [0.5, 0.6) is 0 Å². The minimum Gasteiger partial charge on any atom is -0.386 e. The third-order valence-electron chi connectivity index (χ3n) is 3.11. The van der Waals surface area contributed by atoms with E-state index in [1.807, 2.05) is 55.6 Å². The molecular weight excluding hydrogens is 256 g/mol. The first kappa shape index (κ1) is 12.0. The molecule has 3 rings (SSSR count). The van der Waals surface area contributed by atoms with E-state index in [9.17, 15) is 0 Å². The number of nitrogens with one attached hydrogen (secondary N) is 1. The van der Waals surface area contributed by atoms with Crippen molar-refractivity contribution in [2.75, 3.05) is 12.4 Å². The van der Waals surface area contributed by atoms with Gasteiger partial charge in [0.1, 0.15) is 0 Å². The Bertz CT molecular complexity index is 723. The average Bonchev–Trinajstić information content (AvgIpc) is 2.47. The van der Waals surface area contributed by atoms with Crippen molar-refractivity contribution in [3.05, 3.63) is 59.6 Å². The van der Waals surface area contributed by atoms with Gasteiger partial charge in [-0.2, -0.15) is 0 Å². The van der Waals surface area contributed by atoms with Crippen LogP contribution in [-0.2, 0) is 0 Å². The molecule has 2 aromatic carbocycles. The summed E-state index contributed by atoms with van der Waals surface area (Å²) in [6.07, 6.45) is 0. The molecule has 3 heteroatoms. The highest BCUT2D eigenvalue weighted by atomic mass is 35.5. The highest BCUT2D eigenvalue weighted by Crippen LogP contribution is 2.31. The van der Waals surface area contributed by atoms with E-state index in [4.69, 9.17) is 16.6 Å². The number of pyridine rings is 1. The maximum Gasteiger partial charge on any atom is 0.0941 e. The number of rotatable bonds is 2. The summed E-state index contributed by atoms with van der Waals surface area (Å²) in [5.74, 6) is 0. The molecule has 0 bridgehead atoms. The number of hydrogen-bond donors (Lipinski definition) is 1. The number of hydrogen-bond acceptors (Lipinski definition) is 2. The SMILES string of the molecule is CNc1cc2cccc(Cl)c2nc1-c1ccccc1. The molecule has 0 saturated heterocycles. The predicted octanol–water partition coefficient (Wildman–Crippen LogP) is 4.60. The van der Waals surface area contributed by atoms with Crippen LogP contribution in [0.1, 0.15) is 0 Å². The summed E-state index contributed by atoms with van der Waals surface area (Å²) in [5, 5.41) is 4.92. The highest BCUT2D eigenvalue weighted by Gasteiger charge is 2.09. The quantitative estimate of drug-likeness (QED) is 0.735. The zero-order valence-corrected chi connectivity index (χ0v) is 11.3. The molecule has 0 saturated carbocycles. The first-order valence-electron chi connectivity index (χ1n) is 6.12. The Morgan fingerprint density at radius 1 is 1.00 bits per heavy atom. The lowest BCUT2D eigenvalue weighted by molar-refractivity contribution is 1.37. The minimum absolute atomic E-state index is 0.678. The monoisotopic (exact) mass is 268 g/mol. The van der Waals surface area contributed by atoms with Gasteiger partial charge in [-0.15, -0.1) is 0 Å². The normalized spacial score (nSPS) is 10.6. The van der Waals surface area contributed by atoms with Gasteiger partial charge in [0.2, 0.25) is 0 Å². The summed E-state index contributed by atoms with van der Waals surface area (Å²) in [4.78, 5) is 4.72. The van der Waals surface area contributed by atoms with Crippen LogP contribution >= 0.6 is 11.6 Å². The second kappa shape index (κ2) is 4.90. The van der Waals surface area contributed by atoms with E-state index < -0.39 is 0 Å². The number of benzene rings is 2. The summed E-state index contributed by atoms with van der Waals surface area (Å²) >= 11 is 6.23. The molecule has 0 spiro atoms. The Morgan fingerprint density at radius 3 is 2.53 bits per heavy atom. The molecule has 2 nitrogen and oxygen atoms in total. The maximum absolute atomic E-state index is 6.23. The third kappa shape index (κ3) is 2.15. The molecular formula is C16H13ClN2. The van der Waals surface area contributed by atoms with E-state index in [0.29, 0.717) is 5.02 Å². The Labute approximate surface area is 117 Å². The number of fused-ring (bicyclic) bond motifs is 1. The summed E-state index contributed by atoms with van der Waals surface area (Å²) in [6, 6.07) is 18.0. The van der Waals surface area contributed by atoms with E-state index in [1.165, 1.54) is 0 Å². The van der Waals surface area contributed by atoms with Gasteiger partial charge in [-0.3, -0.25) is 0 Å². The fraction of sp³-hybridized carbons (Fsp3) is 0.0625. The number of aromatic nitrogens is 1. The standard InChI is InChI=1S/C16H13ClN2/c1-18-14-10-12-8-5-9-13(17)15(12)19-16(14)11-6-3-2-4-7-11/h2-10,18H,1H3. The maximum atomic E-state index is 6.23. The van der Waals surface area contributed by atoms with Crippen LogP contribution in [0, 0.1) is 0 Å². The van der Waals surface area contributed by atoms with Crippen LogP contribution in [0.25, 0.3) is 22.2 Å². The van der Waals surface area contributed by atoms with Gasteiger partial charge in [0.05, 0.1) is 21.9 Å². The zero-order valence-electron chi connectivity index (χ0n) is 10.5. The predicted molar refractivity (Wildman–Crippen MR) is 81.7 cm³/mol. The summed E-state index contributed by atoms with van der Waals surface area (Å²) < 4.78 is 0. The molecule has 0 unspecified atom stereocenters. The molecule has 0 amide bonds. The van der Waals surface area contributed by atoms with Crippen LogP contribution in [-0.4, -0.2) is 12.0 Å². The van der Waals surface area contributed by atoms with Crippen LogP contribution in [0.2, 0.25) is 5.02 Å². The number of anilines is 1. The number of nitrogens with zero attached hydrogens (tertiary/aromatic N) is 1. The molecule has 0 aliphatic carbocycles. The van der Waals surface area contributed by atoms with Crippen LogP contribution < -0.4 is 5.32 Å². The van der Waals surface area contributed by atoms with Gasteiger partial charge >= 0.3 is 0 Å². The molecule has 0 radical (unpaired) electrons. The van der Waals surface area contributed by atoms with Gasteiger partial charge in [0.25, 0.3) is 0 Å². The molecule has 1 heterocycles. The molecule has 1 N–H and O–H groups in total. The Balaban J connectivity index is 2.32. The molecule has 19 heavy (non-hydrogen) atoms. The Kier molecular flexibility index (Phi) is 3.10. The number of halogens is 1. The molecule has 94 valence electrons. The van der Waals surface area contributed by atoms with Crippen molar-refractivity contribution in [2.45, 2.75) is 0 Å². The molecule has 0 aliphatic heterocycles. The van der Waals surface area contributed by atoms with Gasteiger partial charge in [0.15, 0.2) is 0 Å². The highest BCUT2D eigenvalue weighted by molar-refractivity contribution is 6.35.